The van der Waals surface area contributed by atoms with Crippen molar-refractivity contribution in [3.8, 4) is 0 Å². The molecule has 0 aliphatic rings. The molecule has 7 heteroatoms. The van der Waals surface area contributed by atoms with Gasteiger partial charge in [-0.15, -0.1) is 0 Å². The Kier molecular flexibility index (Phi) is 4.86. The van der Waals surface area contributed by atoms with Crippen LogP contribution in [0.25, 0.3) is 0 Å². The number of nitrogens with one attached hydrogen (secondary N) is 1. The highest BCUT2D eigenvalue weighted by atomic mass is 16.6. The number of hydrogen-bond acceptors (Lipinski definition) is 5. The lowest BCUT2D eigenvalue weighted by Gasteiger charge is -2.24. The Morgan fingerprint density at radius 2 is 1.61 bits per heavy atom. The highest BCUT2D eigenvalue weighted by Crippen LogP contribution is 2.10. The fourth-order valence-electron chi connectivity index (χ4n) is 1.08. The molecule has 0 radical (unpaired) electrons. The third-order valence-corrected chi connectivity index (χ3v) is 2.02. The minimum Gasteiger partial charge on any atom is -0.479 e. The van der Waals surface area contributed by atoms with Crippen molar-refractivity contribution in [1.29, 1.82) is 0 Å². The Morgan fingerprint density at radius 1 is 1.17 bits per heavy atom. The van der Waals surface area contributed by atoms with Crippen molar-refractivity contribution in [3.63, 3.8) is 0 Å². The molecule has 0 bridgehead atoms. The van der Waals surface area contributed by atoms with Gasteiger partial charge < -0.3 is 20.3 Å². The Bertz CT molecular complexity index is 355. The summed E-state index contributed by atoms with van der Waals surface area (Å²) in [5, 5.41) is 20.3. The average Bonchev–Trinajstić information content (AvgIpc) is 2.12. The number of amides is 1. The van der Waals surface area contributed by atoms with Crippen molar-refractivity contribution in [2.45, 2.75) is 51.9 Å². The molecule has 0 saturated heterocycles. The summed E-state index contributed by atoms with van der Waals surface area (Å²) in [6.07, 6.45) is -0.857. The van der Waals surface area contributed by atoms with Crippen LogP contribution in [0.4, 0.5) is 4.79 Å². The monoisotopic (exact) mass is 261 g/mol. The zero-order chi connectivity index (χ0) is 14.7. The van der Waals surface area contributed by atoms with Crippen LogP contribution >= 0.6 is 0 Å². The lowest BCUT2D eigenvalue weighted by atomic mass is 9.96. The first-order chi connectivity index (χ1) is 7.88. The van der Waals surface area contributed by atoms with E-state index in [4.69, 9.17) is 9.84 Å². The molecule has 7 nitrogen and oxygen atoms in total. The summed E-state index contributed by atoms with van der Waals surface area (Å²) in [6.45, 7) is 7.06. The normalized spacial score (nSPS) is 16.3. The second kappa shape index (κ2) is 5.34. The van der Waals surface area contributed by atoms with Crippen LogP contribution in [0.1, 0.15) is 34.6 Å². The Hall–Kier alpha value is -1.63. The fourth-order valence-corrected chi connectivity index (χ4v) is 1.08. The molecule has 1 unspecified atom stereocenters. The zero-order valence-electron chi connectivity index (χ0n) is 11.1. The number of hydrogen-bond donors (Lipinski definition) is 3. The van der Waals surface area contributed by atoms with E-state index in [0.717, 1.165) is 6.92 Å². The molecule has 0 rings (SSSR count). The number of carbonyl (C=O) groups is 3. The average molecular weight is 261 g/mol. The fraction of sp³-hybridized carbons (Fsp3) is 0.727. The van der Waals surface area contributed by atoms with Gasteiger partial charge in [0.05, 0.1) is 6.04 Å². The number of ketones is 1. The van der Waals surface area contributed by atoms with Crippen molar-refractivity contribution in [3.05, 3.63) is 0 Å². The molecule has 0 fully saturated rings. The van der Waals surface area contributed by atoms with Gasteiger partial charge in [-0.25, -0.2) is 9.59 Å². The lowest BCUT2D eigenvalue weighted by Crippen LogP contribution is -2.53. The van der Waals surface area contributed by atoms with Gasteiger partial charge in [0.1, 0.15) is 5.60 Å². The zero-order valence-corrected chi connectivity index (χ0v) is 11.1. The number of ether oxygens (including phenoxy) is 1. The Labute approximate surface area is 105 Å². The molecule has 18 heavy (non-hydrogen) atoms. The maximum atomic E-state index is 11.6. The molecule has 104 valence electrons. The van der Waals surface area contributed by atoms with Gasteiger partial charge >= 0.3 is 12.1 Å². The standard InChI is InChI=1S/C11H19NO6/c1-6(7(13)11(5,17)8(14)15)12-9(16)18-10(2,3)4/h6,17H,1-5H3,(H,12,16)(H,14,15)/t6-,11?/m0/s1. The van der Waals surface area contributed by atoms with Crippen LogP contribution < -0.4 is 5.32 Å². The van der Waals surface area contributed by atoms with E-state index in [1.807, 2.05) is 0 Å². The Balaban J connectivity index is 4.60. The Morgan fingerprint density at radius 3 is 1.94 bits per heavy atom. The molecule has 0 saturated carbocycles. The third-order valence-electron chi connectivity index (χ3n) is 2.02. The number of Topliss-reactive ketones (excluding diaryl/α,β-unsaturated/α-hetero) is 1. The van der Waals surface area contributed by atoms with Gasteiger partial charge in [-0.05, 0) is 34.6 Å². The number of rotatable bonds is 4. The molecule has 0 heterocycles. The number of aliphatic carboxylic acids is 1. The minimum absolute atomic E-state index is 0.734. The first-order valence-electron chi connectivity index (χ1n) is 5.37. The van der Waals surface area contributed by atoms with E-state index >= 15 is 0 Å². The van der Waals surface area contributed by atoms with Crippen LogP contribution in [-0.4, -0.2) is 45.3 Å². The van der Waals surface area contributed by atoms with E-state index in [-0.39, 0.29) is 0 Å². The van der Waals surface area contributed by atoms with Crippen molar-refractivity contribution in [2.24, 2.45) is 0 Å². The molecule has 0 aromatic carbocycles. The number of carboxylic acid groups (broad SMARTS) is 1. The molecule has 0 aromatic rings. The molecule has 0 aromatic heterocycles. The van der Waals surface area contributed by atoms with Gasteiger partial charge in [0.25, 0.3) is 0 Å². The van der Waals surface area contributed by atoms with Crippen LogP contribution in [0.15, 0.2) is 0 Å². The highest BCUT2D eigenvalue weighted by Gasteiger charge is 2.42. The van der Waals surface area contributed by atoms with Gasteiger partial charge in [-0.2, -0.15) is 0 Å². The van der Waals surface area contributed by atoms with Crippen LogP contribution in [0.2, 0.25) is 0 Å². The van der Waals surface area contributed by atoms with Gasteiger partial charge in [-0.1, -0.05) is 0 Å². The summed E-state index contributed by atoms with van der Waals surface area (Å²) in [6, 6.07) is -1.18. The smallest absolute Gasteiger partial charge is 0.408 e. The van der Waals surface area contributed by atoms with Gasteiger partial charge in [0.15, 0.2) is 5.78 Å². The van der Waals surface area contributed by atoms with Crippen molar-refractivity contribution in [1.82, 2.24) is 5.32 Å². The van der Waals surface area contributed by atoms with E-state index in [1.54, 1.807) is 20.8 Å². The van der Waals surface area contributed by atoms with E-state index < -0.39 is 35.1 Å². The summed E-state index contributed by atoms with van der Waals surface area (Å²) in [5.41, 5.74) is -3.28. The summed E-state index contributed by atoms with van der Waals surface area (Å²) < 4.78 is 4.90. The number of aliphatic hydroxyl groups is 1. The third kappa shape index (κ3) is 4.70. The van der Waals surface area contributed by atoms with Crippen LogP contribution in [0.5, 0.6) is 0 Å². The summed E-state index contributed by atoms with van der Waals surface area (Å²) in [4.78, 5) is 33.6. The van der Waals surface area contributed by atoms with Gasteiger partial charge in [0.2, 0.25) is 5.60 Å². The molecule has 1 amide bonds. The predicted octanol–water partition coefficient (Wildman–Crippen LogP) is 0.304. The number of carbonyl (C=O) groups excluding carboxylic acids is 2. The van der Waals surface area contributed by atoms with E-state index in [1.165, 1.54) is 6.92 Å². The first-order valence-corrected chi connectivity index (χ1v) is 5.37. The van der Waals surface area contributed by atoms with Crippen LogP contribution in [0, 0.1) is 0 Å². The van der Waals surface area contributed by atoms with Crippen molar-refractivity contribution in [2.75, 3.05) is 0 Å². The van der Waals surface area contributed by atoms with E-state index in [9.17, 15) is 19.5 Å². The maximum Gasteiger partial charge on any atom is 0.408 e. The first kappa shape index (κ1) is 16.4. The molecule has 0 aliphatic heterocycles. The van der Waals surface area contributed by atoms with E-state index in [2.05, 4.69) is 5.32 Å². The second-order valence-corrected chi connectivity index (χ2v) is 5.11. The SMILES string of the molecule is C[C@H](NC(=O)OC(C)(C)C)C(=O)C(C)(O)C(=O)O. The summed E-state index contributed by atoms with van der Waals surface area (Å²) in [7, 11) is 0. The lowest BCUT2D eigenvalue weighted by molar-refractivity contribution is -0.164. The number of carboxylic acids is 1. The largest absolute Gasteiger partial charge is 0.479 e. The molecule has 3 N–H and O–H groups in total. The summed E-state index contributed by atoms with van der Waals surface area (Å²) in [5.74, 6) is -2.70. The van der Waals surface area contributed by atoms with Gasteiger partial charge in [-0.3, -0.25) is 4.79 Å². The second-order valence-electron chi connectivity index (χ2n) is 5.11. The minimum atomic E-state index is -2.55. The topological polar surface area (TPSA) is 113 Å². The van der Waals surface area contributed by atoms with Crippen molar-refractivity contribution >= 4 is 17.8 Å². The number of alkyl carbamates (subject to hydrolysis) is 1. The summed E-state index contributed by atoms with van der Waals surface area (Å²) >= 11 is 0. The van der Waals surface area contributed by atoms with Gasteiger partial charge in [0, 0.05) is 0 Å². The maximum absolute atomic E-state index is 11.6. The highest BCUT2D eigenvalue weighted by molar-refractivity contribution is 6.08. The molecular weight excluding hydrogens is 242 g/mol. The van der Waals surface area contributed by atoms with E-state index in [0.29, 0.717) is 0 Å². The van der Waals surface area contributed by atoms with Crippen molar-refractivity contribution < 1.29 is 29.3 Å². The molecule has 0 spiro atoms. The van der Waals surface area contributed by atoms with Crippen LogP contribution in [-0.2, 0) is 14.3 Å². The molecule has 2 atom stereocenters. The quantitative estimate of drug-likeness (QED) is 0.627. The molecule has 0 aliphatic carbocycles. The predicted molar refractivity (Wildman–Crippen MR) is 62.1 cm³/mol. The van der Waals surface area contributed by atoms with Crippen LogP contribution in [0.3, 0.4) is 0 Å². The molecular formula is C11H19NO6.